The molecule has 0 saturated carbocycles. The van der Waals surface area contributed by atoms with Gasteiger partial charge >= 0.3 is 16.9 Å². The minimum absolute atomic E-state index is 0.0903. The van der Waals surface area contributed by atoms with Gasteiger partial charge in [0.2, 0.25) is 0 Å². The first kappa shape index (κ1) is 18.8. The predicted molar refractivity (Wildman–Crippen MR) is 83.9 cm³/mol. The molecule has 10 heteroatoms. The highest BCUT2D eigenvalue weighted by Crippen LogP contribution is 2.21. The Bertz CT molecular complexity index is 674. The topological polar surface area (TPSA) is 109 Å². The van der Waals surface area contributed by atoms with Crippen LogP contribution in [0.3, 0.4) is 0 Å². The van der Waals surface area contributed by atoms with E-state index in [0.717, 1.165) is 4.57 Å². The molecule has 0 spiro atoms. The van der Waals surface area contributed by atoms with E-state index in [0.29, 0.717) is 17.8 Å². The standard InChI is InChI=1S/C13H22N4O6/c1-6-22-9(23-7-2)8-14(3)11-10(17(20)21)12(18)16(5)13(19)15(11)4/h9H,6-8H2,1-5H3. The normalized spacial score (nSPS) is 11.0. The maximum Gasteiger partial charge on any atom is 0.374 e. The molecule has 0 bridgehead atoms. The molecular weight excluding hydrogens is 308 g/mol. The summed E-state index contributed by atoms with van der Waals surface area (Å²) in [5.74, 6) is -0.0903. The minimum atomic E-state index is -0.954. The van der Waals surface area contributed by atoms with Crippen molar-refractivity contribution in [2.45, 2.75) is 20.1 Å². The summed E-state index contributed by atoms with van der Waals surface area (Å²) < 4.78 is 12.6. The van der Waals surface area contributed by atoms with E-state index < -0.39 is 28.1 Å². The van der Waals surface area contributed by atoms with Crippen molar-refractivity contribution < 1.29 is 14.4 Å². The van der Waals surface area contributed by atoms with Gasteiger partial charge in [0.15, 0.2) is 12.1 Å². The Labute approximate surface area is 133 Å². The van der Waals surface area contributed by atoms with E-state index in [2.05, 4.69) is 0 Å². The van der Waals surface area contributed by atoms with E-state index in [1.54, 1.807) is 13.8 Å². The molecule has 0 saturated heterocycles. The number of rotatable bonds is 8. The molecule has 0 aliphatic rings. The van der Waals surface area contributed by atoms with Crippen LogP contribution in [0.5, 0.6) is 0 Å². The lowest BCUT2D eigenvalue weighted by molar-refractivity contribution is -0.386. The molecule has 0 aromatic carbocycles. The van der Waals surface area contributed by atoms with E-state index >= 15 is 0 Å². The molecule has 1 aromatic rings. The van der Waals surface area contributed by atoms with Gasteiger partial charge in [0.25, 0.3) is 0 Å². The van der Waals surface area contributed by atoms with Crippen molar-refractivity contribution in [3.63, 3.8) is 0 Å². The molecule has 0 N–H and O–H groups in total. The first-order chi connectivity index (χ1) is 10.8. The summed E-state index contributed by atoms with van der Waals surface area (Å²) in [7, 11) is 4.11. The third kappa shape index (κ3) is 3.96. The van der Waals surface area contributed by atoms with Crippen molar-refractivity contribution in [2.75, 3.05) is 31.7 Å². The highest BCUT2D eigenvalue weighted by Gasteiger charge is 2.29. The first-order valence-corrected chi connectivity index (χ1v) is 7.14. The fourth-order valence-electron chi connectivity index (χ4n) is 2.25. The third-order valence-electron chi connectivity index (χ3n) is 3.28. The Morgan fingerprint density at radius 3 is 2.13 bits per heavy atom. The lowest BCUT2D eigenvalue weighted by atomic mass is 10.4. The molecule has 0 fully saturated rings. The van der Waals surface area contributed by atoms with E-state index in [4.69, 9.17) is 9.47 Å². The van der Waals surface area contributed by atoms with E-state index in [-0.39, 0.29) is 12.4 Å². The van der Waals surface area contributed by atoms with Gasteiger partial charge in [-0.1, -0.05) is 0 Å². The predicted octanol–water partition coefficient (Wildman–Crippen LogP) is -0.172. The molecule has 23 heavy (non-hydrogen) atoms. The van der Waals surface area contributed by atoms with E-state index in [9.17, 15) is 19.7 Å². The summed E-state index contributed by atoms with van der Waals surface area (Å²) >= 11 is 0. The van der Waals surface area contributed by atoms with Crippen molar-refractivity contribution >= 4 is 11.5 Å². The molecule has 0 radical (unpaired) electrons. The first-order valence-electron chi connectivity index (χ1n) is 7.14. The van der Waals surface area contributed by atoms with E-state index in [1.165, 1.54) is 26.0 Å². The molecule has 1 heterocycles. The molecule has 130 valence electrons. The lowest BCUT2D eigenvalue weighted by Gasteiger charge is -2.26. The van der Waals surface area contributed by atoms with Gasteiger partial charge in [-0.15, -0.1) is 0 Å². The fraction of sp³-hybridized carbons (Fsp3) is 0.692. The van der Waals surface area contributed by atoms with Crippen LogP contribution in [-0.4, -0.2) is 47.2 Å². The van der Waals surface area contributed by atoms with Gasteiger partial charge in [0, 0.05) is 34.4 Å². The zero-order chi connectivity index (χ0) is 17.7. The number of hydrogen-bond donors (Lipinski definition) is 0. The number of likely N-dealkylation sites (N-methyl/N-ethyl adjacent to an activating group) is 1. The summed E-state index contributed by atoms with van der Waals surface area (Å²) in [5.41, 5.74) is -2.26. The maximum absolute atomic E-state index is 12.1. The highest BCUT2D eigenvalue weighted by atomic mass is 16.7. The Kier molecular flexibility index (Phi) is 6.46. The molecule has 0 atom stereocenters. The number of nitrogens with zero attached hydrogens (tertiary/aromatic N) is 4. The molecule has 0 unspecified atom stereocenters. The average molecular weight is 330 g/mol. The van der Waals surface area contributed by atoms with Crippen LogP contribution in [0, 0.1) is 10.1 Å². The highest BCUT2D eigenvalue weighted by molar-refractivity contribution is 5.56. The summed E-state index contributed by atoms with van der Waals surface area (Å²) in [6.45, 7) is 4.51. The zero-order valence-corrected chi connectivity index (χ0v) is 13.9. The number of nitro groups is 1. The summed E-state index contributed by atoms with van der Waals surface area (Å²) in [5, 5.41) is 11.3. The van der Waals surface area contributed by atoms with E-state index in [1.807, 2.05) is 0 Å². The lowest BCUT2D eigenvalue weighted by Crippen LogP contribution is -2.43. The molecular formula is C13H22N4O6. The number of aromatic nitrogens is 2. The Morgan fingerprint density at radius 2 is 1.70 bits per heavy atom. The van der Waals surface area contributed by atoms with Crippen LogP contribution in [0.2, 0.25) is 0 Å². The molecule has 0 amide bonds. The van der Waals surface area contributed by atoms with Crippen molar-refractivity contribution in [1.29, 1.82) is 0 Å². The van der Waals surface area contributed by atoms with Gasteiger partial charge in [0.1, 0.15) is 0 Å². The smallest absolute Gasteiger partial charge is 0.351 e. The fourth-order valence-corrected chi connectivity index (χ4v) is 2.25. The second-order valence-electron chi connectivity index (χ2n) is 4.86. The molecule has 1 rings (SSSR count). The quantitative estimate of drug-likeness (QED) is 0.370. The maximum atomic E-state index is 12.1. The zero-order valence-electron chi connectivity index (χ0n) is 13.9. The van der Waals surface area contributed by atoms with Crippen LogP contribution in [0.4, 0.5) is 11.5 Å². The van der Waals surface area contributed by atoms with Crippen molar-refractivity contribution in [3.05, 3.63) is 31.0 Å². The van der Waals surface area contributed by atoms with Gasteiger partial charge in [-0.2, -0.15) is 0 Å². The van der Waals surface area contributed by atoms with Gasteiger partial charge < -0.3 is 14.4 Å². The summed E-state index contributed by atoms with van der Waals surface area (Å²) in [6, 6.07) is 0. The number of hydrogen-bond acceptors (Lipinski definition) is 7. The van der Waals surface area contributed by atoms with Gasteiger partial charge in [-0.3, -0.25) is 24.0 Å². The van der Waals surface area contributed by atoms with Crippen molar-refractivity contribution in [3.8, 4) is 0 Å². The van der Waals surface area contributed by atoms with Crippen LogP contribution in [0.1, 0.15) is 13.8 Å². The second kappa shape index (κ2) is 7.88. The molecule has 1 aromatic heterocycles. The molecule has 10 nitrogen and oxygen atoms in total. The number of anilines is 1. The van der Waals surface area contributed by atoms with Gasteiger partial charge in [-0.05, 0) is 13.8 Å². The molecule has 0 aliphatic heterocycles. The minimum Gasteiger partial charge on any atom is -0.351 e. The van der Waals surface area contributed by atoms with Crippen molar-refractivity contribution in [1.82, 2.24) is 9.13 Å². The van der Waals surface area contributed by atoms with Crippen LogP contribution in [0.15, 0.2) is 9.59 Å². The Hall–Kier alpha value is -2.20. The van der Waals surface area contributed by atoms with Crippen LogP contribution < -0.4 is 16.1 Å². The summed E-state index contributed by atoms with van der Waals surface area (Å²) in [4.78, 5) is 36.0. The second-order valence-corrected chi connectivity index (χ2v) is 4.86. The van der Waals surface area contributed by atoms with Gasteiger partial charge in [-0.25, -0.2) is 4.79 Å². The largest absolute Gasteiger partial charge is 0.374 e. The Morgan fingerprint density at radius 1 is 1.17 bits per heavy atom. The summed E-state index contributed by atoms with van der Waals surface area (Å²) in [6.07, 6.45) is -0.631. The van der Waals surface area contributed by atoms with Crippen LogP contribution in [-0.2, 0) is 23.6 Å². The molecule has 0 aliphatic carbocycles. The van der Waals surface area contributed by atoms with Crippen LogP contribution >= 0.6 is 0 Å². The average Bonchev–Trinajstić information content (AvgIpc) is 2.48. The monoisotopic (exact) mass is 330 g/mol. The van der Waals surface area contributed by atoms with Crippen molar-refractivity contribution in [2.24, 2.45) is 14.1 Å². The van der Waals surface area contributed by atoms with Gasteiger partial charge in [0.05, 0.1) is 11.5 Å². The van der Waals surface area contributed by atoms with Crippen LogP contribution in [0.25, 0.3) is 0 Å². The Balaban J connectivity index is 3.38. The SMILES string of the molecule is CCOC(CN(C)c1c([N+](=O)[O-])c(=O)n(C)c(=O)n1C)OCC. The third-order valence-corrected chi connectivity index (χ3v) is 3.28. The number of ether oxygens (including phenoxy) is 2.